The maximum absolute atomic E-state index is 13.1. The summed E-state index contributed by atoms with van der Waals surface area (Å²) in [5, 5.41) is 3.35. The van der Waals surface area contributed by atoms with Gasteiger partial charge in [-0.3, -0.25) is 0 Å². The van der Waals surface area contributed by atoms with E-state index in [0.29, 0.717) is 18.8 Å². The quantitative estimate of drug-likeness (QED) is 0.717. The SMILES string of the molecule is C[C@H](NC1CCCCC1C(F)(F)F)C1CCCCCC1. The summed E-state index contributed by atoms with van der Waals surface area (Å²) in [7, 11) is 0. The third-order valence-corrected chi connectivity index (χ3v) is 5.27. The number of nitrogens with one attached hydrogen (secondary N) is 1. The maximum Gasteiger partial charge on any atom is 0.393 e. The van der Waals surface area contributed by atoms with E-state index in [0.717, 1.165) is 12.8 Å². The smallest absolute Gasteiger partial charge is 0.311 e. The molecule has 0 bridgehead atoms. The Labute approximate surface area is 120 Å². The number of alkyl halides is 3. The minimum absolute atomic E-state index is 0.223. The van der Waals surface area contributed by atoms with Crippen molar-refractivity contribution in [3.63, 3.8) is 0 Å². The second kappa shape index (κ2) is 7.15. The summed E-state index contributed by atoms with van der Waals surface area (Å²) in [6.45, 7) is 2.10. The average molecular weight is 291 g/mol. The molecule has 2 rings (SSSR count). The maximum atomic E-state index is 13.1. The Bertz CT molecular complexity index is 282. The number of hydrogen-bond donors (Lipinski definition) is 1. The van der Waals surface area contributed by atoms with Crippen molar-refractivity contribution < 1.29 is 13.2 Å². The van der Waals surface area contributed by atoms with Crippen LogP contribution in [0, 0.1) is 11.8 Å². The highest BCUT2D eigenvalue weighted by molar-refractivity contribution is 4.88. The zero-order valence-corrected chi connectivity index (χ0v) is 12.5. The van der Waals surface area contributed by atoms with Crippen molar-refractivity contribution in [1.29, 1.82) is 0 Å². The van der Waals surface area contributed by atoms with Gasteiger partial charge in [-0.15, -0.1) is 0 Å². The third-order valence-electron chi connectivity index (χ3n) is 5.27. The highest BCUT2D eigenvalue weighted by Crippen LogP contribution is 2.38. The summed E-state index contributed by atoms with van der Waals surface area (Å²) >= 11 is 0. The number of hydrogen-bond acceptors (Lipinski definition) is 1. The van der Waals surface area contributed by atoms with E-state index in [4.69, 9.17) is 0 Å². The minimum atomic E-state index is -4.04. The molecule has 0 heterocycles. The van der Waals surface area contributed by atoms with Crippen LogP contribution in [0.25, 0.3) is 0 Å². The first-order chi connectivity index (χ1) is 9.48. The van der Waals surface area contributed by atoms with Crippen LogP contribution in [-0.2, 0) is 0 Å². The lowest BCUT2D eigenvalue weighted by Crippen LogP contribution is -2.50. The fraction of sp³-hybridized carbons (Fsp3) is 1.00. The normalized spacial score (nSPS) is 31.8. The van der Waals surface area contributed by atoms with Gasteiger partial charge >= 0.3 is 6.18 Å². The molecule has 20 heavy (non-hydrogen) atoms. The Balaban J connectivity index is 1.92. The van der Waals surface area contributed by atoms with Crippen LogP contribution in [0.5, 0.6) is 0 Å². The molecular weight excluding hydrogens is 263 g/mol. The van der Waals surface area contributed by atoms with Crippen molar-refractivity contribution in [2.24, 2.45) is 11.8 Å². The van der Waals surface area contributed by atoms with Gasteiger partial charge in [-0.1, -0.05) is 38.5 Å². The first-order valence-corrected chi connectivity index (χ1v) is 8.31. The molecule has 0 aliphatic heterocycles. The van der Waals surface area contributed by atoms with Crippen LogP contribution in [-0.4, -0.2) is 18.3 Å². The molecule has 0 spiro atoms. The summed E-state index contributed by atoms with van der Waals surface area (Å²) in [6.07, 6.45) is 6.02. The number of halogens is 3. The summed E-state index contributed by atoms with van der Waals surface area (Å²) < 4.78 is 39.3. The van der Waals surface area contributed by atoms with Crippen molar-refractivity contribution in [3.05, 3.63) is 0 Å². The van der Waals surface area contributed by atoms with Gasteiger partial charge in [0, 0.05) is 12.1 Å². The van der Waals surface area contributed by atoms with Gasteiger partial charge < -0.3 is 5.32 Å². The summed E-state index contributed by atoms with van der Waals surface area (Å²) in [5.41, 5.74) is 0. The molecule has 2 saturated carbocycles. The first kappa shape index (κ1) is 16.1. The highest BCUT2D eigenvalue weighted by atomic mass is 19.4. The molecule has 0 aromatic rings. The molecule has 2 aliphatic carbocycles. The molecule has 0 radical (unpaired) electrons. The van der Waals surface area contributed by atoms with Crippen LogP contribution in [0.15, 0.2) is 0 Å². The average Bonchev–Trinajstić information content (AvgIpc) is 2.67. The van der Waals surface area contributed by atoms with E-state index < -0.39 is 12.1 Å². The second-order valence-electron chi connectivity index (χ2n) is 6.75. The van der Waals surface area contributed by atoms with Crippen molar-refractivity contribution in [1.82, 2.24) is 5.32 Å². The summed E-state index contributed by atoms with van der Waals surface area (Å²) in [6, 6.07) is -0.136. The van der Waals surface area contributed by atoms with Crippen LogP contribution in [0.2, 0.25) is 0 Å². The monoisotopic (exact) mass is 291 g/mol. The molecule has 0 aromatic carbocycles. The van der Waals surface area contributed by atoms with E-state index in [9.17, 15) is 13.2 Å². The van der Waals surface area contributed by atoms with Gasteiger partial charge in [0.15, 0.2) is 0 Å². The largest absolute Gasteiger partial charge is 0.393 e. The van der Waals surface area contributed by atoms with E-state index >= 15 is 0 Å². The lowest BCUT2D eigenvalue weighted by atomic mass is 9.82. The van der Waals surface area contributed by atoms with Crippen LogP contribution < -0.4 is 5.32 Å². The van der Waals surface area contributed by atoms with E-state index in [1.54, 1.807) is 0 Å². The second-order valence-corrected chi connectivity index (χ2v) is 6.75. The van der Waals surface area contributed by atoms with Crippen LogP contribution in [0.1, 0.15) is 71.1 Å². The van der Waals surface area contributed by atoms with Crippen LogP contribution in [0.3, 0.4) is 0 Å². The molecule has 2 unspecified atom stereocenters. The Hall–Kier alpha value is -0.250. The lowest BCUT2D eigenvalue weighted by Gasteiger charge is -2.37. The summed E-state index contributed by atoms with van der Waals surface area (Å²) in [4.78, 5) is 0. The van der Waals surface area contributed by atoms with E-state index in [2.05, 4.69) is 12.2 Å². The molecule has 0 amide bonds. The fourth-order valence-corrected chi connectivity index (χ4v) is 4.01. The standard InChI is InChI=1S/C16H28F3N/c1-12(13-8-4-2-3-5-9-13)20-15-11-7-6-10-14(15)16(17,18)19/h12-15,20H,2-11H2,1H3/t12-,14?,15?/m0/s1. The molecule has 1 nitrogen and oxygen atoms in total. The zero-order chi connectivity index (χ0) is 14.6. The van der Waals surface area contributed by atoms with Gasteiger partial charge in [-0.2, -0.15) is 13.2 Å². The van der Waals surface area contributed by atoms with Gasteiger partial charge in [0.2, 0.25) is 0 Å². The fourth-order valence-electron chi connectivity index (χ4n) is 4.01. The Morgan fingerprint density at radius 3 is 2.00 bits per heavy atom. The predicted octanol–water partition coefficient (Wildman–Crippen LogP) is 5.06. The molecule has 0 aromatic heterocycles. The van der Waals surface area contributed by atoms with Gasteiger partial charge in [0.1, 0.15) is 0 Å². The van der Waals surface area contributed by atoms with Crippen molar-refractivity contribution in [3.8, 4) is 0 Å². The summed E-state index contributed by atoms with van der Waals surface area (Å²) in [5.74, 6) is -0.571. The van der Waals surface area contributed by atoms with E-state index in [-0.39, 0.29) is 12.1 Å². The molecule has 2 aliphatic rings. The van der Waals surface area contributed by atoms with Gasteiger partial charge in [0.05, 0.1) is 5.92 Å². The highest BCUT2D eigenvalue weighted by Gasteiger charge is 2.45. The van der Waals surface area contributed by atoms with Crippen molar-refractivity contribution in [2.75, 3.05) is 0 Å². The van der Waals surface area contributed by atoms with E-state index in [1.807, 2.05) is 0 Å². The van der Waals surface area contributed by atoms with Crippen molar-refractivity contribution >= 4 is 0 Å². The van der Waals surface area contributed by atoms with E-state index in [1.165, 1.54) is 38.5 Å². The third kappa shape index (κ3) is 4.37. The molecular formula is C16H28F3N. The Morgan fingerprint density at radius 1 is 0.850 bits per heavy atom. The minimum Gasteiger partial charge on any atom is -0.311 e. The predicted molar refractivity (Wildman–Crippen MR) is 75.6 cm³/mol. The molecule has 2 fully saturated rings. The molecule has 118 valence electrons. The molecule has 1 N–H and O–H groups in total. The Kier molecular flexibility index (Phi) is 5.76. The molecule has 3 atom stereocenters. The Morgan fingerprint density at radius 2 is 1.40 bits per heavy atom. The first-order valence-electron chi connectivity index (χ1n) is 8.31. The van der Waals surface area contributed by atoms with Gasteiger partial charge in [-0.25, -0.2) is 0 Å². The van der Waals surface area contributed by atoms with Crippen molar-refractivity contribution in [2.45, 2.75) is 89.4 Å². The van der Waals surface area contributed by atoms with Gasteiger partial charge in [0.25, 0.3) is 0 Å². The lowest BCUT2D eigenvalue weighted by molar-refractivity contribution is -0.189. The number of rotatable bonds is 3. The van der Waals surface area contributed by atoms with Gasteiger partial charge in [-0.05, 0) is 38.5 Å². The molecule has 0 saturated heterocycles. The molecule has 4 heteroatoms. The zero-order valence-electron chi connectivity index (χ0n) is 12.5. The topological polar surface area (TPSA) is 12.0 Å². The van der Waals surface area contributed by atoms with Crippen LogP contribution in [0.4, 0.5) is 13.2 Å². The van der Waals surface area contributed by atoms with Crippen LogP contribution >= 0.6 is 0 Å².